The zero-order valence-corrected chi connectivity index (χ0v) is 14.5. The maximum Gasteiger partial charge on any atom is 0.0763 e. The Labute approximate surface area is 135 Å². The minimum absolute atomic E-state index is 0.139. The fourth-order valence-electron chi connectivity index (χ4n) is 2.57. The van der Waals surface area contributed by atoms with Gasteiger partial charge in [0.1, 0.15) is 0 Å². The van der Waals surface area contributed by atoms with Crippen molar-refractivity contribution in [2.24, 2.45) is 0 Å². The largest absolute Gasteiger partial charge is 0.305 e. The molecule has 0 aliphatic heterocycles. The van der Waals surface area contributed by atoms with Crippen LogP contribution >= 0.6 is 15.9 Å². The number of aromatic nitrogens is 3. The van der Waals surface area contributed by atoms with Crippen LogP contribution in [0.2, 0.25) is 0 Å². The van der Waals surface area contributed by atoms with E-state index in [0.717, 1.165) is 30.4 Å². The lowest BCUT2D eigenvalue weighted by Gasteiger charge is -2.23. The Morgan fingerprint density at radius 1 is 1.29 bits per heavy atom. The van der Waals surface area contributed by atoms with Crippen molar-refractivity contribution in [1.82, 2.24) is 20.1 Å². The van der Waals surface area contributed by atoms with Crippen molar-refractivity contribution in [3.05, 3.63) is 46.0 Å². The molecule has 21 heavy (non-hydrogen) atoms. The van der Waals surface area contributed by atoms with E-state index in [-0.39, 0.29) is 6.04 Å². The average molecular weight is 351 g/mol. The third-order valence-electron chi connectivity index (χ3n) is 3.64. The predicted molar refractivity (Wildman–Crippen MR) is 89.4 cm³/mol. The van der Waals surface area contributed by atoms with Crippen LogP contribution < -0.4 is 5.32 Å². The van der Waals surface area contributed by atoms with Gasteiger partial charge in [-0.25, -0.2) is 0 Å². The van der Waals surface area contributed by atoms with Crippen LogP contribution in [0.15, 0.2) is 29.1 Å². The lowest BCUT2D eigenvalue weighted by molar-refractivity contribution is 0.525. The van der Waals surface area contributed by atoms with Crippen LogP contribution in [-0.4, -0.2) is 21.3 Å². The molecule has 0 spiro atoms. The van der Waals surface area contributed by atoms with E-state index < -0.39 is 0 Å². The predicted octanol–water partition coefficient (Wildman–Crippen LogP) is 3.71. The van der Waals surface area contributed by atoms with E-state index in [4.69, 9.17) is 0 Å². The summed E-state index contributed by atoms with van der Waals surface area (Å²) >= 11 is 3.66. The van der Waals surface area contributed by atoms with Crippen LogP contribution in [0.5, 0.6) is 0 Å². The molecular weight excluding hydrogens is 328 g/mol. The van der Waals surface area contributed by atoms with E-state index in [2.05, 4.69) is 62.8 Å². The molecule has 2 heterocycles. The van der Waals surface area contributed by atoms with Gasteiger partial charge in [-0.2, -0.15) is 5.10 Å². The van der Waals surface area contributed by atoms with Crippen LogP contribution in [0.25, 0.3) is 0 Å². The Hall–Kier alpha value is -1.20. The maximum atomic E-state index is 4.46. The zero-order chi connectivity index (χ0) is 15.2. The van der Waals surface area contributed by atoms with Crippen LogP contribution in [0.3, 0.4) is 0 Å². The zero-order valence-electron chi connectivity index (χ0n) is 12.9. The topological polar surface area (TPSA) is 42.7 Å². The summed E-state index contributed by atoms with van der Waals surface area (Å²) in [6, 6.07) is 2.26. The van der Waals surface area contributed by atoms with Crippen LogP contribution in [0.1, 0.15) is 50.1 Å². The minimum Gasteiger partial charge on any atom is -0.305 e. The molecule has 2 aromatic heterocycles. The van der Waals surface area contributed by atoms with E-state index in [1.54, 1.807) is 0 Å². The Morgan fingerprint density at radius 3 is 2.76 bits per heavy atom. The van der Waals surface area contributed by atoms with Crippen LogP contribution in [0, 0.1) is 0 Å². The number of hydrogen-bond acceptors (Lipinski definition) is 3. The van der Waals surface area contributed by atoms with Crippen molar-refractivity contribution in [3.63, 3.8) is 0 Å². The monoisotopic (exact) mass is 350 g/mol. The molecule has 0 bridgehead atoms. The highest BCUT2D eigenvalue weighted by molar-refractivity contribution is 9.10. The highest BCUT2D eigenvalue weighted by atomic mass is 79.9. The van der Waals surface area contributed by atoms with Crippen molar-refractivity contribution >= 4 is 15.9 Å². The molecule has 0 radical (unpaired) electrons. The van der Waals surface area contributed by atoms with Gasteiger partial charge in [0.05, 0.1) is 22.4 Å². The molecule has 0 aromatic carbocycles. The Morgan fingerprint density at radius 2 is 2.10 bits per heavy atom. The summed E-state index contributed by atoms with van der Waals surface area (Å²) in [5, 5.41) is 8.12. The van der Waals surface area contributed by atoms with Gasteiger partial charge in [-0.05, 0) is 59.4 Å². The first-order chi connectivity index (χ1) is 10.2. The standard InChI is InChI=1S/C16H23BrN4/c1-4-8-19-15(13-7-9-18-10-12(13)5-2)16-14(17)11-20-21(16)6-3/h7,9-11,15,19H,4-6,8H2,1-3H3. The van der Waals surface area contributed by atoms with Gasteiger partial charge in [-0.3, -0.25) is 9.67 Å². The van der Waals surface area contributed by atoms with Crippen LogP contribution in [0.4, 0.5) is 0 Å². The van der Waals surface area contributed by atoms with Crippen molar-refractivity contribution in [2.45, 2.75) is 46.2 Å². The fraction of sp³-hybridized carbons (Fsp3) is 0.500. The van der Waals surface area contributed by atoms with Crippen molar-refractivity contribution < 1.29 is 0 Å². The van der Waals surface area contributed by atoms with Gasteiger partial charge in [0, 0.05) is 18.9 Å². The number of halogens is 1. The van der Waals surface area contributed by atoms with E-state index in [1.807, 2.05) is 18.6 Å². The number of pyridine rings is 1. The number of hydrogen-bond donors (Lipinski definition) is 1. The molecule has 0 aliphatic rings. The molecule has 0 saturated carbocycles. The highest BCUT2D eigenvalue weighted by Gasteiger charge is 2.22. The molecule has 1 unspecified atom stereocenters. The van der Waals surface area contributed by atoms with Gasteiger partial charge in [0.15, 0.2) is 0 Å². The van der Waals surface area contributed by atoms with Crippen molar-refractivity contribution in [2.75, 3.05) is 6.54 Å². The molecule has 4 nitrogen and oxygen atoms in total. The average Bonchev–Trinajstić information content (AvgIpc) is 2.89. The first kappa shape index (κ1) is 16.2. The van der Waals surface area contributed by atoms with Crippen molar-refractivity contribution in [3.8, 4) is 0 Å². The van der Waals surface area contributed by atoms with E-state index >= 15 is 0 Å². The third kappa shape index (κ3) is 3.52. The first-order valence-electron chi connectivity index (χ1n) is 7.60. The van der Waals surface area contributed by atoms with Gasteiger partial charge in [-0.15, -0.1) is 0 Å². The Bertz CT molecular complexity index is 579. The summed E-state index contributed by atoms with van der Waals surface area (Å²) < 4.78 is 3.11. The second kappa shape index (κ2) is 7.71. The molecule has 0 fully saturated rings. The molecule has 1 atom stereocenters. The smallest absolute Gasteiger partial charge is 0.0763 e. The lowest BCUT2D eigenvalue weighted by atomic mass is 9.98. The van der Waals surface area contributed by atoms with E-state index in [0.29, 0.717) is 0 Å². The van der Waals surface area contributed by atoms with Gasteiger partial charge in [0.25, 0.3) is 0 Å². The van der Waals surface area contributed by atoms with E-state index in [1.165, 1.54) is 16.8 Å². The number of nitrogens with zero attached hydrogens (tertiary/aromatic N) is 3. The van der Waals surface area contributed by atoms with Gasteiger partial charge >= 0.3 is 0 Å². The fourth-order valence-corrected chi connectivity index (χ4v) is 3.09. The molecule has 2 rings (SSSR count). The molecule has 0 aliphatic carbocycles. The second-order valence-corrected chi connectivity index (χ2v) is 5.86. The third-order valence-corrected chi connectivity index (χ3v) is 4.25. The summed E-state index contributed by atoms with van der Waals surface area (Å²) in [5.74, 6) is 0. The summed E-state index contributed by atoms with van der Waals surface area (Å²) in [6.07, 6.45) is 7.80. The minimum atomic E-state index is 0.139. The van der Waals surface area contributed by atoms with Gasteiger partial charge in [0.2, 0.25) is 0 Å². The van der Waals surface area contributed by atoms with E-state index in [9.17, 15) is 0 Å². The molecule has 5 heteroatoms. The Kier molecular flexibility index (Phi) is 5.94. The molecule has 0 amide bonds. The molecule has 1 N–H and O–H groups in total. The maximum absolute atomic E-state index is 4.46. The summed E-state index contributed by atoms with van der Waals surface area (Å²) in [4.78, 5) is 4.26. The lowest BCUT2D eigenvalue weighted by Crippen LogP contribution is -2.27. The molecule has 2 aromatic rings. The number of nitrogens with one attached hydrogen (secondary N) is 1. The Balaban J connectivity index is 2.50. The summed E-state index contributed by atoms with van der Waals surface area (Å²) in [7, 11) is 0. The summed E-state index contributed by atoms with van der Waals surface area (Å²) in [5.41, 5.74) is 3.76. The quantitative estimate of drug-likeness (QED) is 0.827. The normalized spacial score (nSPS) is 12.6. The molecule has 114 valence electrons. The van der Waals surface area contributed by atoms with Crippen molar-refractivity contribution in [1.29, 1.82) is 0 Å². The van der Waals surface area contributed by atoms with Crippen LogP contribution in [-0.2, 0) is 13.0 Å². The number of rotatable bonds is 7. The second-order valence-electron chi connectivity index (χ2n) is 5.01. The highest BCUT2D eigenvalue weighted by Crippen LogP contribution is 2.30. The van der Waals surface area contributed by atoms with Gasteiger partial charge < -0.3 is 5.32 Å². The summed E-state index contributed by atoms with van der Waals surface area (Å²) in [6.45, 7) is 8.30. The van der Waals surface area contributed by atoms with Gasteiger partial charge in [-0.1, -0.05) is 13.8 Å². The first-order valence-corrected chi connectivity index (χ1v) is 8.39. The molecule has 0 saturated heterocycles. The molecular formula is C16H23BrN4. The number of aryl methyl sites for hydroxylation is 2. The SMILES string of the molecule is CCCNC(c1ccncc1CC)c1c(Br)cnn1CC.